The summed E-state index contributed by atoms with van der Waals surface area (Å²) in [7, 11) is 0. The molecule has 4 aliphatic rings. The van der Waals surface area contributed by atoms with Gasteiger partial charge in [-0.2, -0.15) is 0 Å². The summed E-state index contributed by atoms with van der Waals surface area (Å²) in [5.41, 5.74) is 2.49. The summed E-state index contributed by atoms with van der Waals surface area (Å²) in [6.07, 6.45) is 16.1. The Bertz CT molecular complexity index is 1150. The van der Waals surface area contributed by atoms with Gasteiger partial charge in [0.25, 0.3) is 5.56 Å². The van der Waals surface area contributed by atoms with Crippen LogP contribution < -0.4 is 5.56 Å². The number of hydrogen-bond acceptors (Lipinski definition) is 5. The van der Waals surface area contributed by atoms with E-state index in [2.05, 4.69) is 15.5 Å². The fourth-order valence-corrected chi connectivity index (χ4v) is 8.46. The van der Waals surface area contributed by atoms with E-state index in [0.717, 1.165) is 41.8 Å². The molecule has 2 aliphatic carbocycles. The Labute approximate surface area is 220 Å². The Morgan fingerprint density at radius 1 is 0.919 bits per heavy atom. The SMILES string of the molecule is CCOC(=O)CCCc1nc2ccccc2n(C2C[C@H]3CC[C@H](C2)N3C2C[C@@H]3CCCC[C@@H](C2)C3)c1=O. The summed E-state index contributed by atoms with van der Waals surface area (Å²) in [4.78, 5) is 33.4. The maximum atomic E-state index is 13.8. The molecule has 2 aliphatic heterocycles. The first-order valence-electron chi connectivity index (χ1n) is 15.0. The maximum Gasteiger partial charge on any atom is 0.305 e. The van der Waals surface area contributed by atoms with Crippen molar-refractivity contribution in [3.05, 3.63) is 40.3 Å². The highest BCUT2D eigenvalue weighted by molar-refractivity contribution is 5.75. The first kappa shape index (κ1) is 25.1. The fraction of sp³-hybridized carbons (Fsp3) is 0.710. The van der Waals surface area contributed by atoms with Gasteiger partial charge in [0.1, 0.15) is 5.69 Å². The Balaban J connectivity index is 1.23. The van der Waals surface area contributed by atoms with Crippen molar-refractivity contribution in [1.82, 2.24) is 14.5 Å². The summed E-state index contributed by atoms with van der Waals surface area (Å²) in [5.74, 6) is 1.68. The van der Waals surface area contributed by atoms with Crippen LogP contribution in [0.1, 0.15) is 102 Å². The van der Waals surface area contributed by atoms with Gasteiger partial charge in [0.05, 0.1) is 17.6 Å². The number of ether oxygens (including phenoxy) is 1. The molecule has 6 heteroatoms. The molecule has 0 radical (unpaired) electrons. The third-order valence-electron chi connectivity index (χ3n) is 9.87. The van der Waals surface area contributed by atoms with Crippen molar-refractivity contribution in [2.45, 2.75) is 121 Å². The molecule has 0 amide bonds. The first-order valence-corrected chi connectivity index (χ1v) is 15.0. The zero-order valence-electron chi connectivity index (χ0n) is 22.4. The van der Waals surface area contributed by atoms with Crippen molar-refractivity contribution in [3.8, 4) is 0 Å². The van der Waals surface area contributed by atoms with Crippen molar-refractivity contribution in [1.29, 1.82) is 0 Å². The van der Waals surface area contributed by atoms with Crippen LogP contribution in [0, 0.1) is 11.8 Å². The lowest BCUT2D eigenvalue weighted by molar-refractivity contribution is -0.143. The van der Waals surface area contributed by atoms with E-state index < -0.39 is 0 Å². The van der Waals surface area contributed by atoms with Gasteiger partial charge >= 0.3 is 5.97 Å². The van der Waals surface area contributed by atoms with Crippen molar-refractivity contribution < 1.29 is 9.53 Å². The van der Waals surface area contributed by atoms with Crippen LogP contribution in [0.4, 0.5) is 0 Å². The number of benzene rings is 1. The number of piperidine rings is 1. The molecule has 200 valence electrons. The van der Waals surface area contributed by atoms with Crippen molar-refractivity contribution in [2.24, 2.45) is 11.8 Å². The van der Waals surface area contributed by atoms with Crippen LogP contribution in [0.3, 0.4) is 0 Å². The number of fused-ring (bicyclic) bond motifs is 5. The summed E-state index contributed by atoms with van der Waals surface area (Å²) >= 11 is 0. The van der Waals surface area contributed by atoms with E-state index in [4.69, 9.17) is 9.72 Å². The Morgan fingerprint density at radius 3 is 2.32 bits per heavy atom. The Hall–Kier alpha value is -2.21. The second-order valence-corrected chi connectivity index (χ2v) is 12.2. The zero-order chi connectivity index (χ0) is 25.4. The van der Waals surface area contributed by atoms with E-state index in [1.807, 2.05) is 25.1 Å². The number of hydrogen-bond donors (Lipinski definition) is 0. The van der Waals surface area contributed by atoms with Crippen LogP contribution in [0.5, 0.6) is 0 Å². The van der Waals surface area contributed by atoms with Crippen molar-refractivity contribution in [3.63, 3.8) is 0 Å². The monoisotopic (exact) mass is 505 g/mol. The number of aromatic nitrogens is 2. The van der Waals surface area contributed by atoms with Crippen LogP contribution in [0.15, 0.2) is 29.1 Å². The molecule has 1 aromatic heterocycles. The van der Waals surface area contributed by atoms with Crippen LogP contribution in [-0.2, 0) is 16.0 Å². The molecule has 4 fully saturated rings. The predicted octanol–water partition coefficient (Wildman–Crippen LogP) is 5.81. The lowest BCUT2D eigenvalue weighted by atomic mass is 9.76. The van der Waals surface area contributed by atoms with Gasteiger partial charge in [-0.15, -0.1) is 0 Å². The van der Waals surface area contributed by atoms with E-state index in [1.54, 1.807) is 0 Å². The summed E-state index contributed by atoms with van der Waals surface area (Å²) < 4.78 is 7.16. The molecule has 6 nitrogen and oxygen atoms in total. The van der Waals surface area contributed by atoms with E-state index in [1.165, 1.54) is 57.8 Å². The van der Waals surface area contributed by atoms with E-state index in [9.17, 15) is 9.59 Å². The molecule has 4 bridgehead atoms. The lowest BCUT2D eigenvalue weighted by Crippen LogP contribution is -2.52. The summed E-state index contributed by atoms with van der Waals surface area (Å²) in [6, 6.07) is 10.3. The normalized spacial score (nSPS) is 31.8. The first-order chi connectivity index (χ1) is 18.1. The lowest BCUT2D eigenvalue weighted by Gasteiger charge is -2.48. The van der Waals surface area contributed by atoms with Gasteiger partial charge in [0.2, 0.25) is 0 Å². The molecule has 1 aromatic carbocycles. The molecule has 0 spiro atoms. The number of esters is 1. The van der Waals surface area contributed by atoms with Crippen LogP contribution in [0.25, 0.3) is 11.0 Å². The zero-order valence-corrected chi connectivity index (χ0v) is 22.4. The number of carbonyl (C=O) groups is 1. The fourth-order valence-electron chi connectivity index (χ4n) is 8.46. The minimum Gasteiger partial charge on any atom is -0.466 e. The standard InChI is InChI=1S/C31H43N3O3/c1-2-37-30(35)13-7-11-28-31(36)34(29-12-6-5-10-27(29)32-28)26-19-23-14-15-24(20-26)33(23)25-17-21-8-3-4-9-22(16-21)18-25/h5-6,10,12,21-26H,2-4,7-9,11,13-20H2,1H3/t21-,22-,23-,24-/m1/s1. The number of nitrogens with zero attached hydrogens (tertiary/aromatic N) is 3. The molecule has 4 atom stereocenters. The second-order valence-electron chi connectivity index (χ2n) is 12.2. The second kappa shape index (κ2) is 10.9. The summed E-state index contributed by atoms with van der Waals surface area (Å²) in [5, 5.41) is 0. The van der Waals surface area contributed by atoms with Crippen LogP contribution in [0.2, 0.25) is 0 Å². The minimum absolute atomic E-state index is 0.0455. The molecule has 2 aromatic rings. The highest BCUT2D eigenvalue weighted by Crippen LogP contribution is 2.47. The molecule has 37 heavy (non-hydrogen) atoms. The highest BCUT2D eigenvalue weighted by atomic mass is 16.5. The topological polar surface area (TPSA) is 64.4 Å². The molecule has 0 N–H and O–H groups in total. The van der Waals surface area contributed by atoms with Gasteiger partial charge < -0.3 is 9.30 Å². The quantitative estimate of drug-likeness (QED) is 0.445. The predicted molar refractivity (Wildman–Crippen MR) is 146 cm³/mol. The third-order valence-corrected chi connectivity index (χ3v) is 9.87. The average Bonchev–Trinajstić information content (AvgIpc) is 3.04. The Kier molecular flexibility index (Phi) is 7.38. The van der Waals surface area contributed by atoms with Gasteiger partial charge in [-0.25, -0.2) is 4.98 Å². The number of carbonyl (C=O) groups excluding carboxylic acids is 1. The molecular formula is C31H43N3O3. The van der Waals surface area contributed by atoms with Gasteiger partial charge in [0.15, 0.2) is 0 Å². The molecule has 2 saturated carbocycles. The van der Waals surface area contributed by atoms with Gasteiger partial charge in [-0.3, -0.25) is 14.5 Å². The summed E-state index contributed by atoms with van der Waals surface area (Å²) in [6.45, 7) is 2.21. The van der Waals surface area contributed by atoms with Crippen molar-refractivity contribution >= 4 is 17.0 Å². The highest BCUT2D eigenvalue weighted by Gasteiger charge is 2.46. The van der Waals surface area contributed by atoms with Gasteiger partial charge in [-0.05, 0) is 88.7 Å². The third kappa shape index (κ3) is 5.10. The number of para-hydroxylation sites is 2. The molecule has 6 rings (SSSR count). The van der Waals surface area contributed by atoms with E-state index in [-0.39, 0.29) is 17.6 Å². The average molecular weight is 506 g/mol. The minimum atomic E-state index is -0.199. The molecular weight excluding hydrogens is 462 g/mol. The van der Waals surface area contributed by atoms with Crippen LogP contribution >= 0.6 is 0 Å². The number of aryl methyl sites for hydroxylation is 1. The smallest absolute Gasteiger partial charge is 0.305 e. The number of rotatable bonds is 7. The van der Waals surface area contributed by atoms with Gasteiger partial charge in [0, 0.05) is 30.6 Å². The molecule has 0 unspecified atom stereocenters. The Morgan fingerprint density at radius 2 is 1.62 bits per heavy atom. The molecule has 2 saturated heterocycles. The van der Waals surface area contributed by atoms with Crippen molar-refractivity contribution in [2.75, 3.05) is 6.61 Å². The largest absolute Gasteiger partial charge is 0.466 e. The molecule has 3 heterocycles. The van der Waals surface area contributed by atoms with E-state index >= 15 is 0 Å². The maximum absolute atomic E-state index is 13.8. The van der Waals surface area contributed by atoms with Gasteiger partial charge in [-0.1, -0.05) is 37.8 Å². The van der Waals surface area contributed by atoms with E-state index in [0.29, 0.717) is 43.6 Å². The van der Waals surface area contributed by atoms with Crippen LogP contribution in [-0.4, -0.2) is 45.2 Å².